The van der Waals surface area contributed by atoms with E-state index in [2.05, 4.69) is 49.9 Å². The van der Waals surface area contributed by atoms with Crippen LogP contribution in [0.2, 0.25) is 0 Å². The van der Waals surface area contributed by atoms with Crippen LogP contribution in [0, 0.1) is 0 Å². The van der Waals surface area contributed by atoms with Gasteiger partial charge in [0.25, 0.3) is 0 Å². The summed E-state index contributed by atoms with van der Waals surface area (Å²) in [5.41, 5.74) is 0.145. The quantitative estimate of drug-likeness (QED) is 0.698. The average Bonchev–Trinajstić information content (AvgIpc) is 2.70. The summed E-state index contributed by atoms with van der Waals surface area (Å²) < 4.78 is 8.13. The highest BCUT2D eigenvalue weighted by molar-refractivity contribution is 5.15. The molecule has 88 valence electrons. The molecule has 0 amide bonds. The van der Waals surface area contributed by atoms with Gasteiger partial charge < -0.3 is 4.74 Å². The third kappa shape index (κ3) is 2.75. The number of pyridine rings is 1. The second kappa shape index (κ2) is 4.44. The maximum Gasteiger partial charge on any atom is 0.172 e. The molecule has 0 radical (unpaired) electrons. The summed E-state index contributed by atoms with van der Waals surface area (Å²) in [6.07, 6.45) is 9.72. The van der Waals surface area contributed by atoms with Crippen molar-refractivity contribution in [1.82, 2.24) is 0 Å². The molecule has 0 atom stereocenters. The maximum atomic E-state index is 5.93. The normalized spacial score (nSPS) is 17.7. The summed E-state index contributed by atoms with van der Waals surface area (Å²) in [7, 11) is 0. The Labute approximate surface area is 98.3 Å². The molecule has 16 heavy (non-hydrogen) atoms. The molecule has 0 bridgehead atoms. The second-order valence-electron chi connectivity index (χ2n) is 5.64. The van der Waals surface area contributed by atoms with Crippen LogP contribution in [0.1, 0.15) is 46.5 Å². The Bertz CT molecular complexity index is 331. The molecule has 2 rings (SSSR count). The van der Waals surface area contributed by atoms with Crippen LogP contribution in [-0.2, 0) is 5.54 Å². The van der Waals surface area contributed by atoms with E-state index in [0.29, 0.717) is 6.10 Å². The molecule has 1 aliphatic carbocycles. The highest BCUT2D eigenvalue weighted by atomic mass is 16.5. The van der Waals surface area contributed by atoms with Gasteiger partial charge in [-0.25, -0.2) is 4.57 Å². The number of rotatable bonds is 2. The monoisotopic (exact) mass is 220 g/mol. The molecule has 0 aromatic carbocycles. The zero-order valence-electron chi connectivity index (χ0n) is 10.6. The summed E-state index contributed by atoms with van der Waals surface area (Å²) >= 11 is 0. The molecule has 2 nitrogen and oxygen atoms in total. The van der Waals surface area contributed by atoms with Gasteiger partial charge in [0, 0.05) is 32.9 Å². The topological polar surface area (TPSA) is 13.1 Å². The van der Waals surface area contributed by atoms with Gasteiger partial charge >= 0.3 is 0 Å². The number of hydrogen-bond donors (Lipinski definition) is 0. The van der Waals surface area contributed by atoms with Crippen LogP contribution in [0.5, 0.6) is 5.75 Å². The van der Waals surface area contributed by atoms with Crippen molar-refractivity contribution in [3.05, 3.63) is 24.5 Å². The van der Waals surface area contributed by atoms with Gasteiger partial charge in [0.15, 0.2) is 17.9 Å². The third-order valence-corrected chi connectivity index (χ3v) is 3.18. The Hall–Kier alpha value is -1.05. The van der Waals surface area contributed by atoms with E-state index in [1.165, 1.54) is 25.7 Å². The Morgan fingerprint density at radius 3 is 2.19 bits per heavy atom. The van der Waals surface area contributed by atoms with Crippen molar-refractivity contribution in [2.24, 2.45) is 0 Å². The molecule has 0 N–H and O–H groups in total. The van der Waals surface area contributed by atoms with Crippen molar-refractivity contribution in [3.8, 4) is 5.75 Å². The van der Waals surface area contributed by atoms with E-state index in [9.17, 15) is 0 Å². The lowest BCUT2D eigenvalue weighted by atomic mass is 10.1. The summed E-state index contributed by atoms with van der Waals surface area (Å²) in [4.78, 5) is 0. The molecule has 1 fully saturated rings. The molecule has 0 aliphatic heterocycles. The first-order valence-corrected chi connectivity index (χ1v) is 6.24. The lowest BCUT2D eigenvalue weighted by molar-refractivity contribution is -0.754. The fraction of sp³-hybridized carbons (Fsp3) is 0.643. The number of aromatic nitrogens is 1. The summed E-state index contributed by atoms with van der Waals surface area (Å²) in [6, 6.07) is 4.15. The maximum absolute atomic E-state index is 5.93. The number of hydrogen-bond acceptors (Lipinski definition) is 1. The zero-order valence-corrected chi connectivity index (χ0v) is 10.6. The first-order valence-electron chi connectivity index (χ1n) is 6.24. The summed E-state index contributed by atoms with van der Waals surface area (Å²) in [6.45, 7) is 6.60. The fourth-order valence-electron chi connectivity index (χ4n) is 2.14. The first kappa shape index (κ1) is 11.4. The molecule has 2 heteroatoms. The van der Waals surface area contributed by atoms with Crippen molar-refractivity contribution in [3.63, 3.8) is 0 Å². The van der Waals surface area contributed by atoms with Crippen molar-refractivity contribution in [2.45, 2.75) is 58.1 Å². The standard InChI is InChI=1S/C14H22NO/c1-14(2,3)15-10-8-13(9-11-15)16-12-6-4-5-7-12/h8-12H,4-7H2,1-3H3/q+1. The van der Waals surface area contributed by atoms with Gasteiger partial charge in [0.05, 0.1) is 6.10 Å². The predicted octanol–water partition coefficient (Wildman–Crippen LogP) is 3.05. The van der Waals surface area contributed by atoms with E-state index in [4.69, 9.17) is 4.74 Å². The third-order valence-electron chi connectivity index (χ3n) is 3.18. The Kier molecular flexibility index (Phi) is 3.17. The van der Waals surface area contributed by atoms with Crippen LogP contribution in [-0.4, -0.2) is 6.10 Å². The van der Waals surface area contributed by atoms with Crippen LogP contribution in [0.15, 0.2) is 24.5 Å². The van der Waals surface area contributed by atoms with E-state index < -0.39 is 0 Å². The first-order chi connectivity index (χ1) is 7.55. The van der Waals surface area contributed by atoms with Crippen LogP contribution in [0.3, 0.4) is 0 Å². The Morgan fingerprint density at radius 1 is 1.12 bits per heavy atom. The van der Waals surface area contributed by atoms with E-state index in [1.54, 1.807) is 0 Å². The second-order valence-corrected chi connectivity index (χ2v) is 5.64. The molecule has 1 aromatic rings. The molecule has 1 heterocycles. The van der Waals surface area contributed by atoms with Gasteiger partial charge in [0.2, 0.25) is 0 Å². The summed E-state index contributed by atoms with van der Waals surface area (Å²) in [5.74, 6) is 1.01. The minimum Gasteiger partial charge on any atom is -0.490 e. The molecular weight excluding hydrogens is 198 g/mol. The SMILES string of the molecule is CC(C)(C)[n+]1ccc(OC2CCCC2)cc1. The highest BCUT2D eigenvalue weighted by Crippen LogP contribution is 2.23. The lowest BCUT2D eigenvalue weighted by Gasteiger charge is -2.15. The average molecular weight is 220 g/mol. The van der Waals surface area contributed by atoms with Crippen molar-refractivity contribution in [2.75, 3.05) is 0 Å². The molecule has 0 unspecified atom stereocenters. The fourth-order valence-corrected chi connectivity index (χ4v) is 2.14. The van der Waals surface area contributed by atoms with Gasteiger partial charge in [-0.1, -0.05) is 0 Å². The Morgan fingerprint density at radius 2 is 1.69 bits per heavy atom. The minimum absolute atomic E-state index is 0.145. The van der Waals surface area contributed by atoms with Gasteiger partial charge in [-0.3, -0.25) is 0 Å². The van der Waals surface area contributed by atoms with Crippen LogP contribution < -0.4 is 9.30 Å². The van der Waals surface area contributed by atoms with E-state index in [-0.39, 0.29) is 5.54 Å². The molecule has 1 aromatic heterocycles. The van der Waals surface area contributed by atoms with E-state index in [0.717, 1.165) is 5.75 Å². The van der Waals surface area contributed by atoms with Crippen LogP contribution in [0.4, 0.5) is 0 Å². The van der Waals surface area contributed by atoms with Crippen molar-refractivity contribution >= 4 is 0 Å². The molecule has 1 saturated carbocycles. The van der Waals surface area contributed by atoms with E-state index >= 15 is 0 Å². The van der Waals surface area contributed by atoms with Gasteiger partial charge in [0.1, 0.15) is 5.75 Å². The Balaban J connectivity index is 2.01. The smallest absolute Gasteiger partial charge is 0.172 e. The number of nitrogens with zero attached hydrogens (tertiary/aromatic N) is 1. The molecule has 1 aliphatic rings. The predicted molar refractivity (Wildman–Crippen MR) is 64.5 cm³/mol. The van der Waals surface area contributed by atoms with Gasteiger partial charge in [-0.15, -0.1) is 0 Å². The molecular formula is C14H22NO+. The van der Waals surface area contributed by atoms with Gasteiger partial charge in [-0.2, -0.15) is 0 Å². The molecule has 0 saturated heterocycles. The number of ether oxygens (including phenoxy) is 1. The van der Waals surface area contributed by atoms with Crippen molar-refractivity contribution in [1.29, 1.82) is 0 Å². The van der Waals surface area contributed by atoms with Crippen LogP contribution >= 0.6 is 0 Å². The summed E-state index contributed by atoms with van der Waals surface area (Å²) in [5, 5.41) is 0. The van der Waals surface area contributed by atoms with Crippen LogP contribution in [0.25, 0.3) is 0 Å². The molecule has 0 spiro atoms. The largest absolute Gasteiger partial charge is 0.490 e. The zero-order chi connectivity index (χ0) is 11.6. The van der Waals surface area contributed by atoms with Crippen molar-refractivity contribution < 1.29 is 9.30 Å². The highest BCUT2D eigenvalue weighted by Gasteiger charge is 2.21. The lowest BCUT2D eigenvalue weighted by Crippen LogP contribution is -2.49. The van der Waals surface area contributed by atoms with Gasteiger partial charge in [-0.05, 0) is 25.7 Å². The van der Waals surface area contributed by atoms with E-state index in [1.807, 2.05) is 0 Å². The minimum atomic E-state index is 0.145.